The first-order valence-electron chi connectivity index (χ1n) is 17.7. The maximum absolute atomic E-state index is 9.56. The van der Waals surface area contributed by atoms with Crippen LogP contribution in [-0.4, -0.2) is 0 Å². The minimum atomic E-state index is -0.185. The maximum Gasteiger partial charge on any atom is 0.0991 e. The third-order valence-electron chi connectivity index (χ3n) is 10.9. The van der Waals surface area contributed by atoms with Gasteiger partial charge in [-0.3, -0.25) is 16.0 Å². The van der Waals surface area contributed by atoms with Crippen LogP contribution in [-0.2, 0) is 5.41 Å². The molecule has 1 saturated heterocycles. The molecule has 1 fully saturated rings. The topological polar surface area (TPSA) is 59.9 Å². The molecule has 1 aliphatic heterocycles. The van der Waals surface area contributed by atoms with Crippen molar-refractivity contribution in [1.29, 1.82) is 5.26 Å². The standard InChI is InChI=1S/C47H38N4/c1-47(2)41-27-30(29-48)17-24-38(41)39-25-23-36(28-42(39)47)31-18-20-33(21-19-31)43-37-16-10-9-11-32(37)22-26-40(43)46-50-44(34-12-5-3-6-13-34)49-45(51-46)35-14-7-4-8-15-35/h3-28,44-46,49-51H,1-2H3. The van der Waals surface area contributed by atoms with E-state index in [1.807, 2.05) is 6.07 Å². The molecular formula is C47H38N4. The zero-order valence-electron chi connectivity index (χ0n) is 28.7. The van der Waals surface area contributed by atoms with Crippen molar-refractivity contribution in [1.82, 2.24) is 16.0 Å². The van der Waals surface area contributed by atoms with Crippen molar-refractivity contribution in [3.63, 3.8) is 0 Å². The molecule has 1 aliphatic carbocycles. The van der Waals surface area contributed by atoms with Crippen LogP contribution in [0.2, 0.25) is 0 Å². The van der Waals surface area contributed by atoms with Gasteiger partial charge in [0.05, 0.1) is 30.1 Å². The fraction of sp³-hybridized carbons (Fsp3) is 0.128. The summed E-state index contributed by atoms with van der Waals surface area (Å²) in [5.74, 6) is 0. The third-order valence-corrected chi connectivity index (χ3v) is 10.9. The zero-order valence-corrected chi connectivity index (χ0v) is 28.7. The van der Waals surface area contributed by atoms with E-state index in [0.29, 0.717) is 5.56 Å². The Balaban J connectivity index is 1.11. The van der Waals surface area contributed by atoms with E-state index in [0.717, 1.165) is 0 Å². The fourth-order valence-corrected chi connectivity index (χ4v) is 8.17. The lowest BCUT2D eigenvalue weighted by Crippen LogP contribution is -2.54. The summed E-state index contributed by atoms with van der Waals surface area (Å²) >= 11 is 0. The Hall–Kier alpha value is -5.83. The summed E-state index contributed by atoms with van der Waals surface area (Å²) in [6.45, 7) is 4.53. The zero-order chi connectivity index (χ0) is 34.5. The SMILES string of the molecule is CC1(C)c2cc(C#N)ccc2-c2ccc(-c3ccc(-c4c(C5NC(c6ccccc6)NC(c6ccccc6)N5)ccc5ccccc45)cc3)cc21. The molecule has 2 aliphatic rings. The highest BCUT2D eigenvalue weighted by atomic mass is 15.4. The van der Waals surface area contributed by atoms with Crippen molar-refractivity contribution in [2.45, 2.75) is 37.8 Å². The van der Waals surface area contributed by atoms with E-state index in [2.05, 4.69) is 188 Å². The molecule has 246 valence electrons. The highest BCUT2D eigenvalue weighted by Crippen LogP contribution is 2.50. The number of hydrogen-bond acceptors (Lipinski definition) is 4. The number of hydrogen-bond donors (Lipinski definition) is 3. The minimum absolute atomic E-state index is 0.0500. The predicted molar refractivity (Wildman–Crippen MR) is 208 cm³/mol. The monoisotopic (exact) mass is 658 g/mol. The van der Waals surface area contributed by atoms with Gasteiger partial charge >= 0.3 is 0 Å². The van der Waals surface area contributed by atoms with E-state index in [1.165, 1.54) is 72.0 Å². The van der Waals surface area contributed by atoms with E-state index in [-0.39, 0.29) is 23.9 Å². The van der Waals surface area contributed by atoms with Crippen LogP contribution >= 0.6 is 0 Å². The highest BCUT2D eigenvalue weighted by Gasteiger charge is 2.36. The molecule has 0 saturated carbocycles. The largest absolute Gasteiger partial charge is 0.279 e. The van der Waals surface area contributed by atoms with Crippen LogP contribution in [0, 0.1) is 11.3 Å². The Morgan fingerprint density at radius 1 is 0.510 bits per heavy atom. The lowest BCUT2D eigenvalue weighted by atomic mass is 9.81. The van der Waals surface area contributed by atoms with Crippen molar-refractivity contribution < 1.29 is 0 Å². The normalized spacial score (nSPS) is 18.9. The van der Waals surface area contributed by atoms with Crippen LogP contribution in [0.4, 0.5) is 0 Å². The van der Waals surface area contributed by atoms with Gasteiger partial charge in [0.1, 0.15) is 0 Å². The number of nitrogens with zero attached hydrogens (tertiary/aromatic N) is 1. The van der Waals surface area contributed by atoms with E-state index in [4.69, 9.17) is 0 Å². The Morgan fingerprint density at radius 2 is 1.06 bits per heavy atom. The molecule has 0 bridgehead atoms. The molecule has 0 spiro atoms. The third kappa shape index (κ3) is 5.44. The molecule has 7 aromatic rings. The van der Waals surface area contributed by atoms with Gasteiger partial charge in [-0.2, -0.15) is 5.26 Å². The van der Waals surface area contributed by atoms with Crippen molar-refractivity contribution in [3.05, 3.63) is 191 Å². The van der Waals surface area contributed by atoms with E-state index >= 15 is 0 Å². The van der Waals surface area contributed by atoms with Gasteiger partial charge in [0, 0.05) is 5.41 Å². The Morgan fingerprint density at radius 3 is 1.73 bits per heavy atom. The number of nitrogens with one attached hydrogen (secondary N) is 3. The van der Waals surface area contributed by atoms with E-state index in [1.54, 1.807) is 0 Å². The lowest BCUT2D eigenvalue weighted by Gasteiger charge is -2.40. The molecule has 2 atom stereocenters. The molecule has 4 nitrogen and oxygen atoms in total. The summed E-state index contributed by atoms with van der Waals surface area (Å²) in [6.07, 6.45) is -0.222. The minimum Gasteiger partial charge on any atom is -0.279 e. The van der Waals surface area contributed by atoms with Gasteiger partial charge in [0.2, 0.25) is 0 Å². The number of fused-ring (bicyclic) bond motifs is 4. The smallest absolute Gasteiger partial charge is 0.0991 e. The van der Waals surface area contributed by atoms with Gasteiger partial charge in [-0.1, -0.05) is 153 Å². The van der Waals surface area contributed by atoms with Crippen LogP contribution in [0.25, 0.3) is 44.2 Å². The fourth-order valence-electron chi connectivity index (χ4n) is 8.17. The molecule has 4 heteroatoms. The highest BCUT2D eigenvalue weighted by molar-refractivity contribution is 5.99. The van der Waals surface area contributed by atoms with Crippen LogP contribution in [0.1, 0.15) is 65.7 Å². The maximum atomic E-state index is 9.56. The molecule has 51 heavy (non-hydrogen) atoms. The first kappa shape index (κ1) is 31.2. The summed E-state index contributed by atoms with van der Waals surface area (Å²) in [5.41, 5.74) is 13.9. The average Bonchev–Trinajstić information content (AvgIpc) is 3.42. The molecule has 2 unspecified atom stereocenters. The molecule has 3 N–H and O–H groups in total. The molecule has 0 aromatic heterocycles. The number of nitriles is 1. The number of rotatable bonds is 5. The first-order valence-corrected chi connectivity index (χ1v) is 17.7. The van der Waals surface area contributed by atoms with Gasteiger partial charge in [-0.05, 0) is 90.2 Å². The van der Waals surface area contributed by atoms with Crippen molar-refractivity contribution >= 4 is 10.8 Å². The molecule has 7 aromatic carbocycles. The summed E-state index contributed by atoms with van der Waals surface area (Å²) in [4.78, 5) is 0. The van der Waals surface area contributed by atoms with E-state index < -0.39 is 0 Å². The van der Waals surface area contributed by atoms with Gasteiger partial charge in [-0.15, -0.1) is 0 Å². The molecule has 0 radical (unpaired) electrons. The first-order chi connectivity index (χ1) is 25.0. The van der Waals surface area contributed by atoms with Crippen molar-refractivity contribution in [2.75, 3.05) is 0 Å². The summed E-state index contributed by atoms with van der Waals surface area (Å²) < 4.78 is 0. The van der Waals surface area contributed by atoms with Crippen LogP contribution in [0.15, 0.2) is 158 Å². The second-order valence-corrected chi connectivity index (χ2v) is 14.2. The summed E-state index contributed by atoms with van der Waals surface area (Å²) in [6, 6.07) is 58.8. The second kappa shape index (κ2) is 12.5. The van der Waals surface area contributed by atoms with Gasteiger partial charge in [-0.25, -0.2) is 0 Å². The van der Waals surface area contributed by atoms with Crippen LogP contribution in [0.3, 0.4) is 0 Å². The Kier molecular flexibility index (Phi) is 7.64. The quantitative estimate of drug-likeness (QED) is 0.172. The van der Waals surface area contributed by atoms with Crippen molar-refractivity contribution in [2.24, 2.45) is 0 Å². The van der Waals surface area contributed by atoms with Gasteiger partial charge in [0.25, 0.3) is 0 Å². The second-order valence-electron chi connectivity index (χ2n) is 14.2. The van der Waals surface area contributed by atoms with Crippen molar-refractivity contribution in [3.8, 4) is 39.4 Å². The van der Waals surface area contributed by atoms with Gasteiger partial charge in [0.15, 0.2) is 0 Å². The van der Waals surface area contributed by atoms with Crippen LogP contribution < -0.4 is 16.0 Å². The molecule has 9 rings (SSSR count). The Labute approximate surface area is 299 Å². The number of benzene rings is 7. The summed E-state index contributed by atoms with van der Waals surface area (Å²) in [7, 11) is 0. The molecular weight excluding hydrogens is 621 g/mol. The van der Waals surface area contributed by atoms with Gasteiger partial charge < -0.3 is 0 Å². The lowest BCUT2D eigenvalue weighted by molar-refractivity contribution is 0.203. The molecule has 0 amide bonds. The summed E-state index contributed by atoms with van der Waals surface area (Å²) in [5, 5.41) is 23.6. The molecule has 1 heterocycles. The average molecular weight is 659 g/mol. The predicted octanol–water partition coefficient (Wildman–Crippen LogP) is 10.5. The Bertz CT molecular complexity index is 2400. The van der Waals surface area contributed by atoms with E-state index in [9.17, 15) is 5.26 Å². The van der Waals surface area contributed by atoms with Crippen LogP contribution in [0.5, 0.6) is 0 Å².